The number of anilines is 3. The number of ether oxygens (including phenoxy) is 1. The minimum Gasteiger partial charge on any atom is -0.377 e. The molecule has 1 aromatic rings. The van der Waals surface area contributed by atoms with Crippen LogP contribution >= 0.6 is 0 Å². The number of nitrogens with two attached hydrogens (primary N) is 1. The predicted molar refractivity (Wildman–Crippen MR) is 72.9 cm³/mol. The molecule has 6 heteroatoms. The number of nitrogen functional groups attached to an aromatic ring is 1. The first-order valence-corrected chi connectivity index (χ1v) is 6.44. The van der Waals surface area contributed by atoms with Crippen molar-refractivity contribution < 1.29 is 4.74 Å². The van der Waals surface area contributed by atoms with E-state index in [2.05, 4.69) is 27.1 Å². The lowest BCUT2D eigenvalue weighted by Crippen LogP contribution is -2.31. The quantitative estimate of drug-likeness (QED) is 0.838. The van der Waals surface area contributed by atoms with Crippen molar-refractivity contribution in [2.45, 2.75) is 26.4 Å². The average molecular weight is 251 g/mol. The molecule has 0 radical (unpaired) electrons. The van der Waals surface area contributed by atoms with Gasteiger partial charge in [-0.3, -0.25) is 0 Å². The topological polar surface area (TPSA) is 76.3 Å². The molecule has 1 atom stereocenters. The van der Waals surface area contributed by atoms with Crippen LogP contribution in [0, 0.1) is 0 Å². The molecular formula is C12H21N5O. The van der Waals surface area contributed by atoms with Crippen molar-refractivity contribution in [2.24, 2.45) is 0 Å². The van der Waals surface area contributed by atoms with Crippen LogP contribution in [-0.4, -0.2) is 42.3 Å². The van der Waals surface area contributed by atoms with E-state index < -0.39 is 0 Å². The minimum absolute atomic E-state index is 0.214. The number of rotatable bonds is 3. The minimum atomic E-state index is 0.214. The monoisotopic (exact) mass is 251 g/mol. The first-order valence-electron chi connectivity index (χ1n) is 6.44. The fraction of sp³-hybridized carbons (Fsp3) is 0.667. The maximum absolute atomic E-state index is 5.75. The summed E-state index contributed by atoms with van der Waals surface area (Å²) in [6.07, 6.45) is 1.22. The standard InChI is InChI=1S/C12H21N5O/c1-3-14-10-7-11(16-12(13)15-10)17-5-4-6-18-9(2)8-17/h7,9H,3-6,8H2,1-2H3,(H3,13,14,15,16). The molecule has 100 valence electrons. The molecule has 18 heavy (non-hydrogen) atoms. The Morgan fingerprint density at radius 1 is 1.56 bits per heavy atom. The highest BCUT2D eigenvalue weighted by atomic mass is 16.5. The molecule has 0 bridgehead atoms. The third-order valence-electron chi connectivity index (χ3n) is 2.86. The Bertz CT molecular complexity index is 398. The number of nitrogens with one attached hydrogen (secondary N) is 1. The second-order valence-corrected chi connectivity index (χ2v) is 4.48. The summed E-state index contributed by atoms with van der Waals surface area (Å²) in [5.41, 5.74) is 5.75. The summed E-state index contributed by atoms with van der Waals surface area (Å²) in [7, 11) is 0. The van der Waals surface area contributed by atoms with Gasteiger partial charge in [-0.25, -0.2) is 0 Å². The highest BCUT2D eigenvalue weighted by Gasteiger charge is 2.17. The lowest BCUT2D eigenvalue weighted by atomic mass is 10.3. The van der Waals surface area contributed by atoms with Crippen molar-refractivity contribution in [3.05, 3.63) is 6.07 Å². The van der Waals surface area contributed by atoms with E-state index in [-0.39, 0.29) is 6.10 Å². The molecule has 0 amide bonds. The van der Waals surface area contributed by atoms with E-state index in [1.807, 2.05) is 13.0 Å². The van der Waals surface area contributed by atoms with Gasteiger partial charge in [0.25, 0.3) is 0 Å². The molecule has 3 N–H and O–H groups in total. The Morgan fingerprint density at radius 2 is 2.39 bits per heavy atom. The van der Waals surface area contributed by atoms with E-state index in [1.165, 1.54) is 0 Å². The molecule has 1 aliphatic heterocycles. The summed E-state index contributed by atoms with van der Waals surface area (Å²) in [5, 5.41) is 3.17. The second-order valence-electron chi connectivity index (χ2n) is 4.48. The molecule has 0 aromatic carbocycles. The molecule has 0 saturated carbocycles. The molecule has 1 aliphatic rings. The molecule has 0 aliphatic carbocycles. The van der Waals surface area contributed by atoms with Crippen LogP contribution in [0.1, 0.15) is 20.3 Å². The summed E-state index contributed by atoms with van der Waals surface area (Å²) in [6, 6.07) is 1.94. The Balaban J connectivity index is 2.19. The van der Waals surface area contributed by atoms with E-state index in [1.54, 1.807) is 0 Å². The van der Waals surface area contributed by atoms with E-state index >= 15 is 0 Å². The first-order chi connectivity index (χ1) is 8.69. The lowest BCUT2D eigenvalue weighted by molar-refractivity contribution is 0.0820. The zero-order chi connectivity index (χ0) is 13.0. The van der Waals surface area contributed by atoms with E-state index in [9.17, 15) is 0 Å². The van der Waals surface area contributed by atoms with Gasteiger partial charge in [0.1, 0.15) is 11.6 Å². The number of nitrogens with zero attached hydrogens (tertiary/aromatic N) is 3. The maximum atomic E-state index is 5.75. The van der Waals surface area contributed by atoms with Crippen LogP contribution in [-0.2, 0) is 4.74 Å². The lowest BCUT2D eigenvalue weighted by Gasteiger charge is -2.23. The third-order valence-corrected chi connectivity index (χ3v) is 2.86. The SMILES string of the molecule is CCNc1cc(N2CCCOC(C)C2)nc(N)n1. The Morgan fingerprint density at radius 3 is 3.17 bits per heavy atom. The highest BCUT2D eigenvalue weighted by molar-refractivity contribution is 5.52. The predicted octanol–water partition coefficient (Wildman–Crippen LogP) is 1.11. The van der Waals surface area contributed by atoms with E-state index in [4.69, 9.17) is 10.5 Å². The first kappa shape index (κ1) is 12.9. The zero-order valence-electron chi connectivity index (χ0n) is 11.0. The average Bonchev–Trinajstić information content (AvgIpc) is 2.53. The van der Waals surface area contributed by atoms with Gasteiger partial charge < -0.3 is 20.7 Å². The molecule has 1 aromatic heterocycles. The summed E-state index contributed by atoms with van der Waals surface area (Å²) in [6.45, 7) is 7.50. The van der Waals surface area contributed by atoms with Gasteiger partial charge >= 0.3 is 0 Å². The van der Waals surface area contributed by atoms with Crippen LogP contribution in [0.2, 0.25) is 0 Å². The van der Waals surface area contributed by atoms with Gasteiger partial charge in [0.2, 0.25) is 5.95 Å². The fourth-order valence-corrected chi connectivity index (χ4v) is 2.09. The zero-order valence-corrected chi connectivity index (χ0v) is 11.0. The second kappa shape index (κ2) is 5.86. The van der Waals surface area contributed by atoms with Gasteiger partial charge in [0, 0.05) is 32.3 Å². The molecule has 2 rings (SSSR count). The van der Waals surface area contributed by atoms with Gasteiger partial charge in [-0.05, 0) is 20.3 Å². The van der Waals surface area contributed by atoms with Crippen LogP contribution < -0.4 is 16.0 Å². The molecule has 0 spiro atoms. The molecule has 1 saturated heterocycles. The highest BCUT2D eigenvalue weighted by Crippen LogP contribution is 2.19. The van der Waals surface area contributed by atoms with Crippen LogP contribution in [0.25, 0.3) is 0 Å². The fourth-order valence-electron chi connectivity index (χ4n) is 2.09. The molecule has 1 unspecified atom stereocenters. The summed E-state index contributed by atoms with van der Waals surface area (Å²) >= 11 is 0. The van der Waals surface area contributed by atoms with Crippen LogP contribution in [0.15, 0.2) is 6.07 Å². The van der Waals surface area contributed by atoms with Gasteiger partial charge in [-0.2, -0.15) is 9.97 Å². The Labute approximate surface area is 108 Å². The summed E-state index contributed by atoms with van der Waals surface area (Å²) < 4.78 is 5.63. The Kier molecular flexibility index (Phi) is 4.19. The van der Waals surface area contributed by atoms with Crippen molar-refractivity contribution in [2.75, 3.05) is 42.2 Å². The molecule has 2 heterocycles. The van der Waals surface area contributed by atoms with E-state index in [0.29, 0.717) is 5.95 Å². The summed E-state index contributed by atoms with van der Waals surface area (Å²) in [5.74, 6) is 1.95. The normalized spacial score (nSPS) is 20.6. The molecule has 6 nitrogen and oxygen atoms in total. The van der Waals surface area contributed by atoms with Crippen LogP contribution in [0.3, 0.4) is 0 Å². The largest absolute Gasteiger partial charge is 0.377 e. The van der Waals surface area contributed by atoms with Gasteiger partial charge in [0.05, 0.1) is 6.10 Å². The van der Waals surface area contributed by atoms with Crippen molar-refractivity contribution >= 4 is 17.6 Å². The molecule has 1 fully saturated rings. The van der Waals surface area contributed by atoms with Crippen molar-refractivity contribution in [3.8, 4) is 0 Å². The van der Waals surface area contributed by atoms with Gasteiger partial charge in [-0.1, -0.05) is 0 Å². The van der Waals surface area contributed by atoms with Crippen LogP contribution in [0.5, 0.6) is 0 Å². The number of hydrogen-bond acceptors (Lipinski definition) is 6. The van der Waals surface area contributed by atoms with Crippen molar-refractivity contribution in [1.82, 2.24) is 9.97 Å². The maximum Gasteiger partial charge on any atom is 0.223 e. The van der Waals surface area contributed by atoms with Gasteiger partial charge in [-0.15, -0.1) is 0 Å². The third kappa shape index (κ3) is 3.22. The summed E-state index contributed by atoms with van der Waals surface area (Å²) in [4.78, 5) is 10.7. The molecular weight excluding hydrogens is 230 g/mol. The smallest absolute Gasteiger partial charge is 0.223 e. The van der Waals surface area contributed by atoms with Crippen molar-refractivity contribution in [3.63, 3.8) is 0 Å². The Hall–Kier alpha value is -1.56. The van der Waals surface area contributed by atoms with Crippen LogP contribution in [0.4, 0.5) is 17.6 Å². The van der Waals surface area contributed by atoms with Gasteiger partial charge in [0.15, 0.2) is 0 Å². The number of aromatic nitrogens is 2. The number of hydrogen-bond donors (Lipinski definition) is 2. The van der Waals surface area contributed by atoms with E-state index in [0.717, 1.165) is 44.3 Å². The van der Waals surface area contributed by atoms with Crippen molar-refractivity contribution in [1.29, 1.82) is 0 Å².